The Hall–Kier alpha value is -3.35. The summed E-state index contributed by atoms with van der Waals surface area (Å²) in [5.41, 5.74) is 2.50. The lowest BCUT2D eigenvalue weighted by atomic mass is 10.1. The average molecular weight is 391 g/mol. The minimum atomic E-state index is -0.295. The average Bonchev–Trinajstić information content (AvgIpc) is 3.16. The number of piperazine rings is 1. The number of pyridine rings is 1. The fourth-order valence-electron chi connectivity index (χ4n) is 3.85. The van der Waals surface area contributed by atoms with E-state index in [-0.39, 0.29) is 6.04 Å². The second kappa shape index (κ2) is 7.95. The molecule has 1 fully saturated rings. The van der Waals surface area contributed by atoms with Gasteiger partial charge >= 0.3 is 0 Å². The Kier molecular flexibility index (Phi) is 5.20. The van der Waals surface area contributed by atoms with Gasteiger partial charge in [-0.1, -0.05) is 12.1 Å². The van der Waals surface area contributed by atoms with E-state index in [1.807, 2.05) is 30.3 Å². The first kappa shape index (κ1) is 19.0. The zero-order valence-electron chi connectivity index (χ0n) is 16.6. The number of aromatic amines is 1. The number of hydrogen-bond donors (Lipinski definition) is 2. The van der Waals surface area contributed by atoms with E-state index >= 15 is 0 Å². The molecular formula is C22H25N5O2. The third-order valence-electron chi connectivity index (χ3n) is 5.18. The Labute approximate surface area is 169 Å². The van der Waals surface area contributed by atoms with E-state index in [0.717, 1.165) is 47.3 Å². The van der Waals surface area contributed by atoms with Crippen molar-refractivity contribution in [3.05, 3.63) is 48.2 Å². The standard InChI is InChI=1S/C22H25N5O2/c1-15(2)24-19-4-3-7-23-22(19)26-8-9-27(18(12-26)14-29)21-11-17-6-5-16(13-28)10-20(17)25-21/h3-7,10-11,13-15,18,24-25H,8-9,12H2,1-2H3. The second-order valence-corrected chi connectivity index (χ2v) is 7.64. The Balaban J connectivity index is 1.58. The first-order valence-corrected chi connectivity index (χ1v) is 9.85. The van der Waals surface area contributed by atoms with Crippen LogP contribution in [0, 0.1) is 0 Å². The lowest BCUT2D eigenvalue weighted by Gasteiger charge is -2.40. The first-order valence-electron chi connectivity index (χ1n) is 9.85. The maximum atomic E-state index is 11.9. The largest absolute Gasteiger partial charge is 0.380 e. The molecule has 0 saturated carbocycles. The van der Waals surface area contributed by atoms with Crippen LogP contribution < -0.4 is 15.1 Å². The molecule has 150 valence electrons. The van der Waals surface area contributed by atoms with Gasteiger partial charge in [0.1, 0.15) is 24.4 Å². The van der Waals surface area contributed by atoms with Gasteiger partial charge in [0.25, 0.3) is 0 Å². The molecular weight excluding hydrogens is 366 g/mol. The van der Waals surface area contributed by atoms with Crippen molar-refractivity contribution in [3.63, 3.8) is 0 Å². The third kappa shape index (κ3) is 3.81. The van der Waals surface area contributed by atoms with Crippen LogP contribution in [0.2, 0.25) is 0 Å². The minimum absolute atomic E-state index is 0.295. The van der Waals surface area contributed by atoms with Crippen molar-refractivity contribution in [1.29, 1.82) is 0 Å². The molecule has 4 rings (SSSR count). The van der Waals surface area contributed by atoms with Crippen LogP contribution >= 0.6 is 0 Å². The lowest BCUT2D eigenvalue weighted by Crippen LogP contribution is -2.54. The predicted molar refractivity (Wildman–Crippen MR) is 116 cm³/mol. The molecule has 7 nitrogen and oxygen atoms in total. The van der Waals surface area contributed by atoms with E-state index in [4.69, 9.17) is 0 Å². The molecule has 1 saturated heterocycles. The Morgan fingerprint density at radius 2 is 2.07 bits per heavy atom. The number of nitrogens with one attached hydrogen (secondary N) is 2. The number of benzene rings is 1. The van der Waals surface area contributed by atoms with Gasteiger partial charge in [-0.3, -0.25) is 4.79 Å². The number of anilines is 3. The van der Waals surface area contributed by atoms with E-state index in [1.54, 1.807) is 12.3 Å². The van der Waals surface area contributed by atoms with Crippen LogP contribution in [0.4, 0.5) is 17.3 Å². The van der Waals surface area contributed by atoms with Crippen molar-refractivity contribution in [3.8, 4) is 0 Å². The van der Waals surface area contributed by atoms with Crippen molar-refractivity contribution >= 4 is 40.8 Å². The van der Waals surface area contributed by atoms with Gasteiger partial charge in [-0.05, 0) is 38.1 Å². The summed E-state index contributed by atoms with van der Waals surface area (Å²) in [5, 5.41) is 4.45. The first-order chi connectivity index (χ1) is 14.1. The Bertz CT molecular complexity index is 1030. The van der Waals surface area contributed by atoms with Gasteiger partial charge in [-0.2, -0.15) is 0 Å². The fourth-order valence-corrected chi connectivity index (χ4v) is 3.85. The number of aldehydes is 2. The maximum absolute atomic E-state index is 11.9. The molecule has 1 aliphatic heterocycles. The fraction of sp³-hybridized carbons (Fsp3) is 0.318. The molecule has 29 heavy (non-hydrogen) atoms. The third-order valence-corrected chi connectivity index (χ3v) is 5.18. The molecule has 2 aromatic heterocycles. The molecule has 3 heterocycles. The molecule has 0 radical (unpaired) electrons. The van der Waals surface area contributed by atoms with Crippen molar-refractivity contribution in [1.82, 2.24) is 9.97 Å². The number of H-pyrrole nitrogens is 1. The zero-order chi connectivity index (χ0) is 20.4. The van der Waals surface area contributed by atoms with E-state index in [1.165, 1.54) is 0 Å². The highest BCUT2D eigenvalue weighted by atomic mass is 16.1. The van der Waals surface area contributed by atoms with Crippen LogP contribution in [-0.2, 0) is 4.79 Å². The number of carbonyl (C=O) groups excluding carboxylic acids is 2. The zero-order valence-corrected chi connectivity index (χ0v) is 16.6. The maximum Gasteiger partial charge on any atom is 0.152 e. The van der Waals surface area contributed by atoms with E-state index < -0.39 is 0 Å². The van der Waals surface area contributed by atoms with Crippen molar-refractivity contribution in [2.75, 3.05) is 34.8 Å². The molecule has 2 N–H and O–H groups in total. The van der Waals surface area contributed by atoms with Crippen LogP contribution in [-0.4, -0.2) is 54.3 Å². The number of rotatable bonds is 6. The molecule has 1 aliphatic rings. The summed E-state index contributed by atoms with van der Waals surface area (Å²) in [4.78, 5) is 35.1. The number of carbonyl (C=O) groups is 2. The molecule has 7 heteroatoms. The van der Waals surface area contributed by atoms with Gasteiger partial charge in [-0.25, -0.2) is 4.98 Å². The smallest absolute Gasteiger partial charge is 0.152 e. The number of aromatic nitrogens is 2. The van der Waals surface area contributed by atoms with Gasteiger partial charge in [0.15, 0.2) is 5.82 Å². The molecule has 1 unspecified atom stereocenters. The van der Waals surface area contributed by atoms with Gasteiger partial charge in [0.2, 0.25) is 0 Å². The summed E-state index contributed by atoms with van der Waals surface area (Å²) in [6.45, 7) is 6.18. The van der Waals surface area contributed by atoms with Crippen molar-refractivity contribution in [2.24, 2.45) is 0 Å². The van der Waals surface area contributed by atoms with Crippen LogP contribution in [0.1, 0.15) is 24.2 Å². The molecule has 0 amide bonds. The minimum Gasteiger partial charge on any atom is -0.380 e. The Morgan fingerprint density at radius 3 is 2.83 bits per heavy atom. The number of hydrogen-bond acceptors (Lipinski definition) is 6. The summed E-state index contributed by atoms with van der Waals surface area (Å²) in [5.74, 6) is 1.77. The molecule has 0 bridgehead atoms. The molecule has 0 spiro atoms. The summed E-state index contributed by atoms with van der Waals surface area (Å²) >= 11 is 0. The summed E-state index contributed by atoms with van der Waals surface area (Å²) in [6.07, 6.45) is 3.61. The highest BCUT2D eigenvalue weighted by Gasteiger charge is 2.29. The van der Waals surface area contributed by atoms with Gasteiger partial charge in [-0.15, -0.1) is 0 Å². The summed E-state index contributed by atoms with van der Waals surface area (Å²) < 4.78 is 0. The summed E-state index contributed by atoms with van der Waals surface area (Å²) in [6, 6.07) is 11.5. The van der Waals surface area contributed by atoms with Gasteiger partial charge in [0, 0.05) is 48.3 Å². The monoisotopic (exact) mass is 391 g/mol. The molecule has 1 aromatic carbocycles. The van der Waals surface area contributed by atoms with E-state index in [9.17, 15) is 9.59 Å². The second-order valence-electron chi connectivity index (χ2n) is 7.64. The lowest BCUT2D eigenvalue weighted by molar-refractivity contribution is -0.109. The topological polar surface area (TPSA) is 81.3 Å². The quantitative estimate of drug-likeness (QED) is 0.629. The highest BCUT2D eigenvalue weighted by Crippen LogP contribution is 2.29. The van der Waals surface area contributed by atoms with Gasteiger partial charge < -0.3 is 24.9 Å². The predicted octanol–water partition coefficient (Wildman–Crippen LogP) is 3.09. The SMILES string of the molecule is CC(C)Nc1cccnc1N1CCN(c2cc3ccc(C=O)cc3[nH]2)C(C=O)C1. The molecule has 1 atom stereocenters. The van der Waals surface area contributed by atoms with Gasteiger partial charge in [0.05, 0.1) is 5.69 Å². The highest BCUT2D eigenvalue weighted by molar-refractivity contribution is 5.90. The molecule has 0 aliphatic carbocycles. The van der Waals surface area contributed by atoms with Crippen LogP contribution in [0.25, 0.3) is 10.9 Å². The summed E-state index contributed by atoms with van der Waals surface area (Å²) in [7, 11) is 0. The van der Waals surface area contributed by atoms with Crippen LogP contribution in [0.15, 0.2) is 42.6 Å². The molecule has 3 aromatic rings. The Morgan fingerprint density at radius 1 is 1.21 bits per heavy atom. The normalized spacial score (nSPS) is 17.0. The van der Waals surface area contributed by atoms with E-state index in [0.29, 0.717) is 24.7 Å². The van der Waals surface area contributed by atoms with E-state index in [2.05, 4.69) is 38.9 Å². The number of fused-ring (bicyclic) bond motifs is 1. The van der Waals surface area contributed by atoms with Crippen molar-refractivity contribution < 1.29 is 9.59 Å². The van der Waals surface area contributed by atoms with Crippen LogP contribution in [0.3, 0.4) is 0 Å². The van der Waals surface area contributed by atoms with Crippen LogP contribution in [0.5, 0.6) is 0 Å². The number of nitrogens with zero attached hydrogens (tertiary/aromatic N) is 3. The van der Waals surface area contributed by atoms with Crippen molar-refractivity contribution in [2.45, 2.75) is 25.9 Å².